The maximum absolute atomic E-state index is 5.61. The first-order valence-electron chi connectivity index (χ1n) is 7.50. The highest BCUT2D eigenvalue weighted by Gasteiger charge is 2.10. The van der Waals surface area contributed by atoms with Gasteiger partial charge in [0.25, 0.3) is 0 Å². The van der Waals surface area contributed by atoms with Crippen molar-refractivity contribution in [2.75, 3.05) is 5.32 Å². The lowest BCUT2D eigenvalue weighted by atomic mass is 10.4. The summed E-state index contributed by atoms with van der Waals surface area (Å²) in [6.45, 7) is 2.53. The second-order valence-electron chi connectivity index (χ2n) is 5.15. The van der Waals surface area contributed by atoms with E-state index in [4.69, 9.17) is 8.83 Å². The topological polar surface area (TPSA) is 77.0 Å². The lowest BCUT2D eigenvalue weighted by Gasteiger charge is -1.96. The number of aromatic nitrogens is 3. The summed E-state index contributed by atoms with van der Waals surface area (Å²) in [5.74, 6) is 3.33. The average molecular weight is 391 g/mol. The molecule has 6 nitrogen and oxygen atoms in total. The zero-order chi connectivity index (χ0) is 17.1. The Bertz CT molecular complexity index is 942. The quantitative estimate of drug-likeness (QED) is 0.442. The van der Waals surface area contributed by atoms with Gasteiger partial charge in [-0.05, 0) is 31.2 Å². The Morgan fingerprint density at radius 3 is 3.00 bits per heavy atom. The first-order chi connectivity index (χ1) is 12.3. The molecule has 0 fully saturated rings. The number of hydrogen-bond donors (Lipinski definition) is 1. The lowest BCUT2D eigenvalue weighted by Crippen LogP contribution is -1.96. The van der Waals surface area contributed by atoms with Crippen LogP contribution in [0.4, 0.5) is 5.13 Å². The van der Waals surface area contributed by atoms with Gasteiger partial charge >= 0.3 is 0 Å². The first-order valence-corrected chi connectivity index (χ1v) is 10.2. The molecule has 0 unspecified atom stereocenters. The zero-order valence-corrected chi connectivity index (χ0v) is 15.7. The molecule has 0 saturated heterocycles. The Labute approximate surface area is 156 Å². The highest BCUT2D eigenvalue weighted by Crippen LogP contribution is 2.31. The SMILES string of the molecule is Cc1ccc(-c2nc(CSc3nnc(NCc4ccco4)s3)cs2)o1. The second-order valence-corrected chi connectivity index (χ2v) is 8.21. The van der Waals surface area contributed by atoms with Crippen molar-refractivity contribution >= 4 is 39.6 Å². The number of aryl methyl sites for hydroxylation is 1. The number of furan rings is 2. The van der Waals surface area contributed by atoms with Crippen LogP contribution in [0, 0.1) is 6.92 Å². The summed E-state index contributed by atoms with van der Waals surface area (Å²) in [7, 11) is 0. The van der Waals surface area contributed by atoms with E-state index in [2.05, 4.69) is 25.9 Å². The minimum absolute atomic E-state index is 0.601. The molecule has 25 heavy (non-hydrogen) atoms. The number of rotatable bonds is 7. The molecule has 4 aromatic rings. The van der Waals surface area contributed by atoms with Crippen molar-refractivity contribution in [2.24, 2.45) is 0 Å². The summed E-state index contributed by atoms with van der Waals surface area (Å²) in [5, 5.41) is 15.3. The second kappa shape index (κ2) is 7.42. The van der Waals surface area contributed by atoms with Gasteiger partial charge < -0.3 is 14.2 Å². The summed E-state index contributed by atoms with van der Waals surface area (Å²) < 4.78 is 11.8. The van der Waals surface area contributed by atoms with Crippen LogP contribution in [0.2, 0.25) is 0 Å². The Balaban J connectivity index is 1.32. The normalized spacial score (nSPS) is 11.1. The monoisotopic (exact) mass is 390 g/mol. The third kappa shape index (κ3) is 4.12. The third-order valence-corrected chi connectivity index (χ3v) is 6.20. The molecule has 1 N–H and O–H groups in total. The van der Waals surface area contributed by atoms with Gasteiger partial charge in [-0.25, -0.2) is 4.98 Å². The number of thiazole rings is 1. The third-order valence-electron chi connectivity index (χ3n) is 3.25. The van der Waals surface area contributed by atoms with E-state index in [1.807, 2.05) is 31.2 Å². The number of thioether (sulfide) groups is 1. The number of nitrogens with zero attached hydrogens (tertiary/aromatic N) is 3. The first kappa shape index (κ1) is 16.4. The summed E-state index contributed by atoms with van der Waals surface area (Å²) in [5.41, 5.74) is 1.01. The molecule has 0 aliphatic heterocycles. The zero-order valence-electron chi connectivity index (χ0n) is 13.3. The van der Waals surface area contributed by atoms with E-state index < -0.39 is 0 Å². The fraction of sp³-hybridized carbons (Fsp3) is 0.188. The summed E-state index contributed by atoms with van der Waals surface area (Å²) in [4.78, 5) is 4.62. The molecule has 0 radical (unpaired) electrons. The fourth-order valence-electron chi connectivity index (χ4n) is 2.09. The minimum Gasteiger partial charge on any atom is -0.467 e. The fourth-order valence-corrected chi connectivity index (χ4v) is 4.61. The van der Waals surface area contributed by atoms with E-state index in [0.29, 0.717) is 6.54 Å². The maximum atomic E-state index is 5.61. The molecule has 4 aromatic heterocycles. The van der Waals surface area contributed by atoms with Crippen LogP contribution >= 0.6 is 34.4 Å². The molecule has 0 atom stereocenters. The van der Waals surface area contributed by atoms with Crippen LogP contribution in [0.5, 0.6) is 0 Å². The highest BCUT2D eigenvalue weighted by atomic mass is 32.2. The van der Waals surface area contributed by atoms with Crippen molar-refractivity contribution in [3.05, 3.63) is 53.1 Å². The van der Waals surface area contributed by atoms with Crippen LogP contribution in [-0.4, -0.2) is 15.2 Å². The van der Waals surface area contributed by atoms with Crippen LogP contribution in [0.1, 0.15) is 17.2 Å². The van der Waals surface area contributed by atoms with E-state index in [0.717, 1.165) is 43.2 Å². The standard InChI is InChI=1S/C16H14N4O2S3/c1-10-4-5-13(22-10)14-18-11(8-23-14)9-24-16-20-19-15(25-16)17-7-12-3-2-6-21-12/h2-6,8H,7,9H2,1H3,(H,17,19). The van der Waals surface area contributed by atoms with Gasteiger partial charge in [0, 0.05) is 11.1 Å². The molecule has 4 rings (SSSR count). The van der Waals surface area contributed by atoms with Crippen molar-refractivity contribution in [3.63, 3.8) is 0 Å². The van der Waals surface area contributed by atoms with E-state index in [1.54, 1.807) is 29.4 Å². The van der Waals surface area contributed by atoms with Gasteiger partial charge in [-0.3, -0.25) is 0 Å². The van der Waals surface area contributed by atoms with Crippen LogP contribution in [0.3, 0.4) is 0 Å². The molecule has 0 saturated carbocycles. The average Bonchev–Trinajstić information content (AvgIpc) is 3.38. The van der Waals surface area contributed by atoms with Gasteiger partial charge in [-0.2, -0.15) is 0 Å². The summed E-state index contributed by atoms with van der Waals surface area (Å²) in [6, 6.07) is 7.69. The van der Waals surface area contributed by atoms with Gasteiger partial charge in [0.05, 0.1) is 18.5 Å². The molecule has 0 spiro atoms. The van der Waals surface area contributed by atoms with E-state index in [9.17, 15) is 0 Å². The largest absolute Gasteiger partial charge is 0.467 e. The Kier molecular flexibility index (Phi) is 4.86. The highest BCUT2D eigenvalue weighted by molar-refractivity contribution is 8.00. The predicted molar refractivity (Wildman–Crippen MR) is 100 cm³/mol. The van der Waals surface area contributed by atoms with Gasteiger partial charge in [-0.15, -0.1) is 21.5 Å². The maximum Gasteiger partial charge on any atom is 0.206 e. The number of anilines is 1. The van der Waals surface area contributed by atoms with Crippen molar-refractivity contribution in [1.29, 1.82) is 0 Å². The van der Waals surface area contributed by atoms with Crippen molar-refractivity contribution in [2.45, 2.75) is 23.6 Å². The van der Waals surface area contributed by atoms with Crippen LogP contribution in [-0.2, 0) is 12.3 Å². The molecule has 9 heteroatoms. The van der Waals surface area contributed by atoms with Crippen molar-refractivity contribution in [3.8, 4) is 10.8 Å². The summed E-state index contributed by atoms with van der Waals surface area (Å²) >= 11 is 4.74. The molecule has 0 aromatic carbocycles. The molecule has 4 heterocycles. The molecular formula is C16H14N4O2S3. The van der Waals surface area contributed by atoms with Crippen LogP contribution in [0.25, 0.3) is 10.8 Å². The van der Waals surface area contributed by atoms with E-state index in [1.165, 1.54) is 11.3 Å². The molecular weight excluding hydrogens is 376 g/mol. The van der Waals surface area contributed by atoms with E-state index >= 15 is 0 Å². The molecule has 0 amide bonds. The molecule has 0 bridgehead atoms. The Hall–Kier alpha value is -2.10. The van der Waals surface area contributed by atoms with Crippen molar-refractivity contribution < 1.29 is 8.83 Å². The molecule has 0 aliphatic rings. The van der Waals surface area contributed by atoms with Crippen LogP contribution < -0.4 is 5.32 Å². The molecule has 0 aliphatic carbocycles. The number of nitrogens with one attached hydrogen (secondary N) is 1. The molecule has 128 valence electrons. The minimum atomic E-state index is 0.601. The van der Waals surface area contributed by atoms with E-state index in [-0.39, 0.29) is 0 Å². The number of hydrogen-bond acceptors (Lipinski definition) is 9. The summed E-state index contributed by atoms with van der Waals surface area (Å²) in [6.07, 6.45) is 1.66. The van der Waals surface area contributed by atoms with Crippen molar-refractivity contribution in [1.82, 2.24) is 15.2 Å². The predicted octanol–water partition coefficient (Wildman–Crippen LogP) is 5.06. The van der Waals surface area contributed by atoms with Gasteiger partial charge in [-0.1, -0.05) is 23.1 Å². The Morgan fingerprint density at radius 2 is 2.20 bits per heavy atom. The van der Waals surface area contributed by atoms with Gasteiger partial charge in [0.1, 0.15) is 11.5 Å². The Morgan fingerprint density at radius 1 is 1.24 bits per heavy atom. The van der Waals surface area contributed by atoms with Gasteiger partial charge in [0.15, 0.2) is 15.1 Å². The smallest absolute Gasteiger partial charge is 0.206 e. The lowest BCUT2D eigenvalue weighted by molar-refractivity contribution is 0.518. The van der Waals surface area contributed by atoms with Gasteiger partial charge in [0.2, 0.25) is 5.13 Å². The van der Waals surface area contributed by atoms with Crippen LogP contribution in [0.15, 0.2) is 49.1 Å².